The molecule has 0 aliphatic heterocycles. The van der Waals surface area contributed by atoms with Gasteiger partial charge in [0.15, 0.2) is 0 Å². The van der Waals surface area contributed by atoms with Crippen LogP contribution in [0.25, 0.3) is 11.0 Å². The van der Waals surface area contributed by atoms with E-state index in [-0.39, 0.29) is 5.28 Å². The van der Waals surface area contributed by atoms with Crippen molar-refractivity contribution in [2.45, 2.75) is 12.8 Å². The van der Waals surface area contributed by atoms with Gasteiger partial charge in [0.05, 0.1) is 9.86 Å². The van der Waals surface area contributed by atoms with Crippen molar-refractivity contribution in [1.82, 2.24) is 15.0 Å². The van der Waals surface area contributed by atoms with Gasteiger partial charge in [0.1, 0.15) is 11.5 Å². The van der Waals surface area contributed by atoms with Crippen molar-refractivity contribution in [3.63, 3.8) is 0 Å². The molecule has 2 aromatic rings. The summed E-state index contributed by atoms with van der Waals surface area (Å²) < 4.78 is 0.945. The maximum atomic E-state index is 6.01. The van der Waals surface area contributed by atoms with Crippen LogP contribution in [0.5, 0.6) is 0 Å². The lowest BCUT2D eigenvalue weighted by atomic mass is 10.2. The van der Waals surface area contributed by atoms with Crippen molar-refractivity contribution in [3.05, 3.63) is 39.3 Å². The number of aromatic amines is 1. The molecule has 3 rings (SSSR count). The van der Waals surface area contributed by atoms with E-state index in [1.807, 2.05) is 0 Å². The Morgan fingerprint density at radius 3 is 3.00 bits per heavy atom. The molecular formula is C14H15BrClN5. The Bertz CT molecular complexity index is 735. The number of nitrogens with two attached hydrogens (primary N) is 1. The normalized spacial score (nSPS) is 14.0. The number of hydrogen-bond acceptors (Lipinski definition) is 4. The van der Waals surface area contributed by atoms with Gasteiger partial charge < -0.3 is 16.0 Å². The molecule has 1 aliphatic carbocycles. The second-order valence-electron chi connectivity index (χ2n) is 4.83. The van der Waals surface area contributed by atoms with Gasteiger partial charge in [-0.3, -0.25) is 0 Å². The number of nitrogens with one attached hydrogen (secondary N) is 2. The third kappa shape index (κ3) is 2.97. The zero-order valence-corrected chi connectivity index (χ0v) is 13.6. The zero-order valence-electron chi connectivity index (χ0n) is 11.3. The second kappa shape index (κ2) is 6.17. The first kappa shape index (κ1) is 14.6. The molecule has 2 aromatic heterocycles. The summed E-state index contributed by atoms with van der Waals surface area (Å²) in [5, 5.41) is 4.47. The highest BCUT2D eigenvalue weighted by Gasteiger charge is 2.16. The molecule has 4 N–H and O–H groups in total. The molecule has 0 spiro atoms. The van der Waals surface area contributed by atoms with Crippen LogP contribution in [0.3, 0.4) is 0 Å². The molecule has 0 atom stereocenters. The Morgan fingerprint density at radius 2 is 2.29 bits per heavy atom. The van der Waals surface area contributed by atoms with E-state index in [1.54, 1.807) is 0 Å². The standard InChI is InChI=1S/C14H15BrClN5/c15-11-9(5-6-17)19-13-10(11)12(20-14(16)21-13)18-7-8-3-1-2-4-8/h1-3H,4-7,17H2,(H2,18,19,20,21). The van der Waals surface area contributed by atoms with E-state index in [9.17, 15) is 0 Å². The number of anilines is 1. The Kier molecular flexibility index (Phi) is 4.28. The van der Waals surface area contributed by atoms with Gasteiger partial charge in [-0.25, -0.2) is 0 Å². The zero-order chi connectivity index (χ0) is 14.8. The molecule has 5 nitrogen and oxygen atoms in total. The van der Waals surface area contributed by atoms with E-state index in [2.05, 4.69) is 54.4 Å². The Morgan fingerprint density at radius 1 is 1.43 bits per heavy atom. The summed E-state index contributed by atoms with van der Waals surface area (Å²) in [4.78, 5) is 11.8. The van der Waals surface area contributed by atoms with Crippen molar-refractivity contribution in [3.8, 4) is 0 Å². The summed E-state index contributed by atoms with van der Waals surface area (Å²) in [7, 11) is 0. The van der Waals surface area contributed by atoms with Gasteiger partial charge in [-0.05, 0) is 46.1 Å². The van der Waals surface area contributed by atoms with Gasteiger partial charge in [0.25, 0.3) is 0 Å². The van der Waals surface area contributed by atoms with Gasteiger partial charge in [0.2, 0.25) is 5.28 Å². The highest BCUT2D eigenvalue weighted by molar-refractivity contribution is 9.10. The number of aromatic nitrogens is 3. The van der Waals surface area contributed by atoms with Gasteiger partial charge in [-0.15, -0.1) is 0 Å². The molecule has 7 heteroatoms. The van der Waals surface area contributed by atoms with Crippen molar-refractivity contribution >= 4 is 44.4 Å². The van der Waals surface area contributed by atoms with Gasteiger partial charge in [0, 0.05) is 18.7 Å². The minimum atomic E-state index is 0.219. The van der Waals surface area contributed by atoms with Crippen LogP contribution in [-0.2, 0) is 6.42 Å². The maximum absolute atomic E-state index is 6.01. The first-order valence-corrected chi connectivity index (χ1v) is 7.88. The highest BCUT2D eigenvalue weighted by atomic mass is 79.9. The molecule has 0 bridgehead atoms. The van der Waals surface area contributed by atoms with Crippen LogP contribution in [-0.4, -0.2) is 28.0 Å². The van der Waals surface area contributed by atoms with E-state index < -0.39 is 0 Å². The summed E-state index contributed by atoms with van der Waals surface area (Å²) in [5.74, 6) is 0.726. The molecular weight excluding hydrogens is 354 g/mol. The Hall–Kier alpha value is -1.37. The van der Waals surface area contributed by atoms with Crippen LogP contribution >= 0.6 is 27.5 Å². The van der Waals surface area contributed by atoms with Crippen molar-refractivity contribution in [2.24, 2.45) is 5.73 Å². The molecule has 0 aromatic carbocycles. The monoisotopic (exact) mass is 367 g/mol. The smallest absolute Gasteiger partial charge is 0.226 e. The average Bonchev–Trinajstić information content (AvgIpc) is 3.06. The van der Waals surface area contributed by atoms with Crippen LogP contribution in [0.4, 0.5) is 5.82 Å². The lowest BCUT2D eigenvalue weighted by Gasteiger charge is -2.08. The van der Waals surface area contributed by atoms with Gasteiger partial charge in [-0.1, -0.05) is 18.2 Å². The molecule has 0 amide bonds. The van der Waals surface area contributed by atoms with Crippen LogP contribution in [0.2, 0.25) is 5.28 Å². The topological polar surface area (TPSA) is 79.6 Å². The minimum absolute atomic E-state index is 0.219. The molecule has 0 fully saturated rings. The predicted molar refractivity (Wildman–Crippen MR) is 89.7 cm³/mol. The number of fused-ring (bicyclic) bond motifs is 1. The number of nitrogens with zero attached hydrogens (tertiary/aromatic N) is 2. The molecule has 110 valence electrons. The first-order chi connectivity index (χ1) is 10.2. The Balaban J connectivity index is 1.95. The minimum Gasteiger partial charge on any atom is -0.366 e. The van der Waals surface area contributed by atoms with E-state index in [0.717, 1.165) is 40.8 Å². The second-order valence-corrected chi connectivity index (χ2v) is 5.96. The van der Waals surface area contributed by atoms with E-state index >= 15 is 0 Å². The van der Waals surface area contributed by atoms with Crippen LogP contribution < -0.4 is 11.1 Å². The van der Waals surface area contributed by atoms with Crippen molar-refractivity contribution < 1.29 is 0 Å². The average molecular weight is 369 g/mol. The van der Waals surface area contributed by atoms with E-state index in [4.69, 9.17) is 17.3 Å². The summed E-state index contributed by atoms with van der Waals surface area (Å²) >= 11 is 9.61. The van der Waals surface area contributed by atoms with Crippen LogP contribution in [0.15, 0.2) is 28.3 Å². The molecule has 1 aliphatic rings. The van der Waals surface area contributed by atoms with Crippen LogP contribution in [0, 0.1) is 0 Å². The Labute approximate surface area is 135 Å². The summed E-state index contributed by atoms with van der Waals surface area (Å²) in [6.07, 6.45) is 8.01. The summed E-state index contributed by atoms with van der Waals surface area (Å²) in [6, 6.07) is 0. The fraction of sp³-hybridized carbons (Fsp3) is 0.286. The largest absolute Gasteiger partial charge is 0.366 e. The first-order valence-electron chi connectivity index (χ1n) is 6.71. The van der Waals surface area contributed by atoms with Crippen molar-refractivity contribution in [1.29, 1.82) is 0 Å². The number of H-pyrrole nitrogens is 1. The summed E-state index contributed by atoms with van der Waals surface area (Å²) in [6.45, 7) is 1.30. The van der Waals surface area contributed by atoms with E-state index in [1.165, 1.54) is 5.57 Å². The summed E-state index contributed by atoms with van der Waals surface area (Å²) in [5.41, 5.74) is 8.66. The number of hydrogen-bond donors (Lipinski definition) is 3. The number of allylic oxidation sites excluding steroid dienone is 3. The van der Waals surface area contributed by atoms with Gasteiger partial charge >= 0.3 is 0 Å². The highest BCUT2D eigenvalue weighted by Crippen LogP contribution is 2.33. The van der Waals surface area contributed by atoms with E-state index in [0.29, 0.717) is 12.2 Å². The predicted octanol–water partition coefficient (Wildman–Crippen LogP) is 3.17. The fourth-order valence-corrected chi connectivity index (χ4v) is 3.19. The number of halogens is 2. The molecule has 2 heterocycles. The van der Waals surface area contributed by atoms with Crippen LogP contribution in [0.1, 0.15) is 12.1 Å². The SMILES string of the molecule is NCCc1[nH]c2nc(Cl)nc(NCC3=CC=CC3)c2c1Br. The molecule has 0 saturated carbocycles. The lowest BCUT2D eigenvalue weighted by molar-refractivity contribution is 0.932. The quantitative estimate of drug-likeness (QED) is 0.708. The molecule has 0 unspecified atom stereocenters. The maximum Gasteiger partial charge on any atom is 0.226 e. The molecule has 21 heavy (non-hydrogen) atoms. The molecule has 0 saturated heterocycles. The lowest BCUT2D eigenvalue weighted by Crippen LogP contribution is -2.06. The third-order valence-corrected chi connectivity index (χ3v) is 4.40. The number of rotatable bonds is 5. The molecule has 0 radical (unpaired) electrons. The third-order valence-electron chi connectivity index (χ3n) is 3.36. The van der Waals surface area contributed by atoms with Crippen molar-refractivity contribution in [2.75, 3.05) is 18.4 Å². The van der Waals surface area contributed by atoms with Gasteiger partial charge in [-0.2, -0.15) is 9.97 Å². The fourth-order valence-electron chi connectivity index (χ4n) is 2.34.